The van der Waals surface area contributed by atoms with Gasteiger partial charge in [0.15, 0.2) is 5.13 Å². The van der Waals surface area contributed by atoms with E-state index in [2.05, 4.69) is 56.6 Å². The van der Waals surface area contributed by atoms with Crippen LogP contribution in [0, 0.1) is 11.7 Å². The van der Waals surface area contributed by atoms with Gasteiger partial charge in [0.1, 0.15) is 30.9 Å². The number of para-hydroxylation sites is 1. The molecule has 4 heterocycles. The number of nitrogens with one attached hydrogen (secondary N) is 2. The number of alkyl halides is 6. The summed E-state index contributed by atoms with van der Waals surface area (Å²) in [5, 5.41) is 8.96. The fourth-order valence-corrected chi connectivity index (χ4v) is 14.4. The Morgan fingerprint density at radius 2 is 1.35 bits per heavy atom. The number of benzene rings is 5. The van der Waals surface area contributed by atoms with Gasteiger partial charge in [0.05, 0.1) is 35.5 Å². The van der Waals surface area contributed by atoms with Gasteiger partial charge in [0.2, 0.25) is 17.7 Å². The van der Waals surface area contributed by atoms with Crippen LogP contribution >= 0.6 is 11.3 Å². The molecule has 1 spiro atoms. The molecule has 6 aromatic rings. The van der Waals surface area contributed by atoms with Crippen LogP contribution in [0.5, 0.6) is 0 Å². The van der Waals surface area contributed by atoms with Gasteiger partial charge in [0.25, 0.3) is 5.91 Å². The highest BCUT2D eigenvalue weighted by atomic mass is 32.1. The van der Waals surface area contributed by atoms with E-state index in [4.69, 9.17) is 14.2 Å². The monoisotopic (exact) mass is 1400 g/mol. The number of anilines is 2. The van der Waals surface area contributed by atoms with Crippen molar-refractivity contribution in [2.75, 3.05) is 124 Å². The summed E-state index contributed by atoms with van der Waals surface area (Å²) in [6.45, 7) is 9.13. The summed E-state index contributed by atoms with van der Waals surface area (Å²) in [7, 11) is 6.86. The molecule has 0 unspecified atom stereocenters. The number of likely N-dealkylation sites (N-methyl/N-ethyl adjacent to an activating group) is 3. The molecule has 25 heteroatoms. The van der Waals surface area contributed by atoms with Crippen LogP contribution in [0.15, 0.2) is 127 Å². The number of ether oxygens (including phenoxy) is 3. The molecule has 3 fully saturated rings. The molecule has 1 aromatic heterocycles. The normalized spacial score (nSPS) is 17.9. The van der Waals surface area contributed by atoms with Crippen molar-refractivity contribution in [3.63, 3.8) is 0 Å². The van der Waals surface area contributed by atoms with Gasteiger partial charge in [-0.05, 0) is 135 Å². The third-order valence-electron chi connectivity index (χ3n) is 19.6. The van der Waals surface area contributed by atoms with Crippen molar-refractivity contribution in [1.82, 2.24) is 34.4 Å². The summed E-state index contributed by atoms with van der Waals surface area (Å²) in [5.74, 6) is -0.900. The quantitative estimate of drug-likeness (QED) is 0.0390. The highest BCUT2D eigenvalue weighted by Gasteiger charge is 2.48. The van der Waals surface area contributed by atoms with Gasteiger partial charge < -0.3 is 48.9 Å². The number of thiazole rings is 1. The Morgan fingerprint density at radius 1 is 0.717 bits per heavy atom. The van der Waals surface area contributed by atoms with E-state index < -0.39 is 52.5 Å². The number of rotatable bonds is 26. The molecule has 5 amide bonds. The zero-order chi connectivity index (χ0) is 70.9. The first kappa shape index (κ1) is 75.2. The number of fused-ring (bicyclic) bond motifs is 2. The van der Waals surface area contributed by atoms with Gasteiger partial charge in [-0.3, -0.25) is 24.5 Å². The van der Waals surface area contributed by atoms with Crippen molar-refractivity contribution in [1.29, 1.82) is 0 Å². The van der Waals surface area contributed by atoms with E-state index in [-0.39, 0.29) is 61.6 Å². The van der Waals surface area contributed by atoms with Crippen LogP contribution in [0.1, 0.15) is 115 Å². The van der Waals surface area contributed by atoms with Gasteiger partial charge in [-0.15, -0.1) is 11.3 Å². The lowest BCUT2D eigenvalue weighted by Crippen LogP contribution is -2.46. The molecule has 0 radical (unpaired) electrons. The van der Waals surface area contributed by atoms with E-state index in [0.29, 0.717) is 69.1 Å². The highest BCUT2D eigenvalue weighted by molar-refractivity contribution is 7.13. The molecule has 534 valence electrons. The molecule has 0 saturated carbocycles. The maximum Gasteiger partial charge on any atom is 0.416 e. The van der Waals surface area contributed by atoms with Crippen molar-refractivity contribution in [2.24, 2.45) is 5.92 Å². The van der Waals surface area contributed by atoms with E-state index in [1.54, 1.807) is 23.9 Å². The molecule has 2 N–H and O–H groups in total. The SMILES string of the molecule is COCC(=O)N(C)CCCN(C)C(=O)Cc1csc(NCCCCCC(=O)N(C)CCN2CCC(OC(=O)Nc3ccccc3-c3ccccc3)CC2)n1.C[C@H]1Cc2ccccc2C12CCN(CC[C@@]1(c3ccc(F)cc3)CN(C(=O)c3cc(C(F)(F)F)cc(C(F)(F)F)c3)CO1)CC2. The number of carbonyl (C=O) groups excluding carboxylic acids is 5. The molecule has 1 aliphatic carbocycles. The summed E-state index contributed by atoms with van der Waals surface area (Å²) in [4.78, 5) is 78.8. The summed E-state index contributed by atoms with van der Waals surface area (Å²) < 4.78 is 111. The number of unbranched alkanes of at least 4 members (excludes halogenated alkanes) is 2. The van der Waals surface area contributed by atoms with E-state index in [0.717, 1.165) is 123 Å². The number of amides is 5. The van der Waals surface area contributed by atoms with Crippen LogP contribution in [-0.4, -0.2) is 184 Å². The Bertz CT molecular complexity index is 3630. The minimum atomic E-state index is -5.08. The van der Waals surface area contributed by atoms with Crippen molar-refractivity contribution in [3.05, 3.63) is 172 Å². The maximum absolute atomic E-state index is 13.9. The smallest absolute Gasteiger partial charge is 0.416 e. The second-order valence-electron chi connectivity index (χ2n) is 26.4. The van der Waals surface area contributed by atoms with Crippen LogP contribution < -0.4 is 10.6 Å². The molecule has 5 aromatic carbocycles. The summed E-state index contributed by atoms with van der Waals surface area (Å²) in [6, 6.07) is 32.7. The molecule has 2 atom stereocenters. The molecule has 4 aliphatic rings. The summed E-state index contributed by atoms with van der Waals surface area (Å²) >= 11 is 1.49. The van der Waals surface area contributed by atoms with Crippen molar-refractivity contribution >= 4 is 51.9 Å². The topological polar surface area (TPSA) is 169 Å². The lowest BCUT2D eigenvalue weighted by molar-refractivity contribution is -0.143. The summed E-state index contributed by atoms with van der Waals surface area (Å²) in [5.41, 5.74) is 1.99. The second kappa shape index (κ2) is 34.4. The Labute approximate surface area is 578 Å². The Hall–Kier alpha value is -7.97. The molecular formula is C74H90F7N9O8S. The molecule has 3 aliphatic heterocycles. The first-order chi connectivity index (χ1) is 47.3. The third-order valence-corrected chi connectivity index (χ3v) is 20.5. The van der Waals surface area contributed by atoms with Crippen molar-refractivity contribution in [2.45, 2.75) is 113 Å². The fourth-order valence-electron chi connectivity index (χ4n) is 13.6. The molecule has 10 rings (SSSR count). The zero-order valence-electron chi connectivity index (χ0n) is 56.9. The van der Waals surface area contributed by atoms with Gasteiger partial charge in [0, 0.05) is 109 Å². The van der Waals surface area contributed by atoms with Gasteiger partial charge in [-0.2, -0.15) is 26.3 Å². The molecule has 3 saturated heterocycles. The number of nitrogens with zero attached hydrogens (tertiary/aromatic N) is 7. The predicted molar refractivity (Wildman–Crippen MR) is 366 cm³/mol. The third kappa shape index (κ3) is 20.4. The number of halogens is 7. The number of aromatic nitrogens is 1. The average Bonchev–Trinajstić information content (AvgIpc) is 1.85. The first-order valence-corrected chi connectivity index (χ1v) is 34.7. The minimum Gasteiger partial charge on any atom is -0.446 e. The zero-order valence-corrected chi connectivity index (χ0v) is 57.7. The molecule has 17 nitrogen and oxygen atoms in total. The number of piperidine rings is 2. The van der Waals surface area contributed by atoms with E-state index in [1.165, 1.54) is 53.8 Å². The number of carbonyl (C=O) groups is 5. The van der Waals surface area contributed by atoms with Gasteiger partial charge in [-0.25, -0.2) is 14.2 Å². The molecule has 0 bridgehead atoms. The molecule has 99 heavy (non-hydrogen) atoms. The van der Waals surface area contributed by atoms with Crippen LogP contribution in [0.3, 0.4) is 0 Å². The van der Waals surface area contributed by atoms with Crippen LogP contribution in [0.25, 0.3) is 11.1 Å². The number of methoxy groups -OCH3 is 1. The van der Waals surface area contributed by atoms with Crippen LogP contribution in [-0.2, 0) is 64.8 Å². The second-order valence-corrected chi connectivity index (χ2v) is 27.2. The summed E-state index contributed by atoms with van der Waals surface area (Å²) in [6.07, 6.45) is -1.69. The predicted octanol–water partition coefficient (Wildman–Crippen LogP) is 13.3. The van der Waals surface area contributed by atoms with Crippen LogP contribution in [0.2, 0.25) is 0 Å². The molecular weight excluding hydrogens is 1310 g/mol. The van der Waals surface area contributed by atoms with Gasteiger partial charge in [-0.1, -0.05) is 98.3 Å². The average molecular weight is 1400 g/mol. The highest BCUT2D eigenvalue weighted by Crippen LogP contribution is 2.50. The van der Waals surface area contributed by atoms with Gasteiger partial charge >= 0.3 is 18.4 Å². The standard InChI is InChI=1S/C40H57N7O6S.C34H33F7N2O2/c1-44(22-13-23-45(2)38(50)29-52-4)37(49)28-32-30-54-39(42-32)41-21-12-6-9-18-36(48)46(3)26-27-47-24-19-33(20-25-47)53-40(51)43-35-17-11-10-16-34(35)31-14-7-5-8-15-31;1-22-16-23-4-2-3-5-29(23)31(22)10-13-42(14-11-31)15-12-32(25-6-8-28(35)9-7-25)20-43(21-45-32)30(44)24-17-26(33(36,37)38)19-27(18-24)34(39,40)41/h5,7-8,10-11,14-17,30,33H,6,9,12-13,18-29H2,1-4H3,(H,41,42)(H,43,51);2-9,17-19,22H,10-16,20-21H2,1H3/t;22-,32-/m.0/s1. The van der Waals surface area contributed by atoms with Crippen LogP contribution in [0.4, 0.5) is 46.3 Å². The van der Waals surface area contributed by atoms with E-state index in [9.17, 15) is 54.7 Å². The maximum atomic E-state index is 13.9. The Balaban J connectivity index is 0.000000235. The lowest BCUT2D eigenvalue weighted by atomic mass is 9.68. The van der Waals surface area contributed by atoms with Crippen molar-refractivity contribution < 1.29 is 68.9 Å². The minimum absolute atomic E-state index is 0.00621. The Kier molecular flexibility index (Phi) is 26.1. The number of hydrogen-bond acceptors (Lipinski definition) is 13. The lowest BCUT2D eigenvalue weighted by Gasteiger charge is -2.44. The van der Waals surface area contributed by atoms with Crippen molar-refractivity contribution in [3.8, 4) is 11.1 Å². The van der Waals surface area contributed by atoms with E-state index in [1.807, 2.05) is 71.9 Å². The Morgan fingerprint density at radius 3 is 2.04 bits per heavy atom. The number of hydrogen-bond donors (Lipinski definition) is 2. The largest absolute Gasteiger partial charge is 0.446 e. The first-order valence-electron chi connectivity index (χ1n) is 33.9. The fraction of sp³-hybridized carbons (Fsp3) is 0.486. The number of likely N-dealkylation sites (tertiary alicyclic amines) is 2. The van der Waals surface area contributed by atoms with E-state index >= 15 is 0 Å².